The highest BCUT2D eigenvalue weighted by atomic mass is 32.2. The largest absolute Gasteiger partial charge is 0.493 e. The maximum atomic E-state index is 12.4. The van der Waals surface area contributed by atoms with Gasteiger partial charge in [0.2, 0.25) is 5.91 Å². The van der Waals surface area contributed by atoms with Gasteiger partial charge in [0.05, 0.1) is 12.9 Å². The van der Waals surface area contributed by atoms with E-state index >= 15 is 0 Å². The Balaban J connectivity index is 2.24. The van der Waals surface area contributed by atoms with E-state index in [1.165, 1.54) is 18.7 Å². The summed E-state index contributed by atoms with van der Waals surface area (Å²) >= 11 is 5.52. The van der Waals surface area contributed by atoms with Gasteiger partial charge in [-0.3, -0.25) is 9.59 Å². The molecule has 1 fully saturated rings. The number of nitrogens with zero attached hydrogens (tertiary/aromatic N) is 1. The first-order valence-corrected chi connectivity index (χ1v) is 8.49. The number of hydrogen-bond acceptors (Lipinski definition) is 6. The van der Waals surface area contributed by atoms with Gasteiger partial charge in [0.1, 0.15) is 6.61 Å². The van der Waals surface area contributed by atoms with E-state index in [-0.39, 0.29) is 24.1 Å². The molecule has 0 spiro atoms. The molecule has 7 heteroatoms. The van der Waals surface area contributed by atoms with Crippen molar-refractivity contribution in [2.45, 2.75) is 11.8 Å². The maximum Gasteiger partial charge on any atom is 0.221 e. The van der Waals surface area contributed by atoms with Gasteiger partial charge in [-0.1, -0.05) is 12.1 Å². The third-order valence-corrected chi connectivity index (χ3v) is 5.26. The molecule has 22 heavy (non-hydrogen) atoms. The summed E-state index contributed by atoms with van der Waals surface area (Å²) in [5, 5.41) is 0. The number of hydrogen-bond donors (Lipinski definition) is 1. The molecule has 1 aromatic carbocycles. The minimum absolute atomic E-state index is 0.0616. The summed E-state index contributed by atoms with van der Waals surface area (Å²) < 4.78 is 11.1. The van der Waals surface area contributed by atoms with E-state index in [9.17, 15) is 9.59 Å². The molecular weight excluding hydrogens is 322 g/mol. The van der Waals surface area contributed by atoms with E-state index in [0.717, 1.165) is 0 Å². The number of para-hydroxylation sites is 2. The summed E-state index contributed by atoms with van der Waals surface area (Å²) in [5.41, 5.74) is 0. The second-order valence-corrected chi connectivity index (χ2v) is 6.51. The Bertz CT molecular complexity index is 566. The number of Topliss-reactive ketones (excluding diaryl/α,β-unsaturated/α-hetero) is 1. The van der Waals surface area contributed by atoms with Crippen LogP contribution in [0.5, 0.6) is 11.5 Å². The van der Waals surface area contributed by atoms with E-state index in [1.807, 2.05) is 12.1 Å². The number of benzene rings is 1. The highest BCUT2D eigenvalue weighted by Gasteiger charge is 2.49. The molecule has 1 unspecified atom stereocenters. The van der Waals surface area contributed by atoms with Crippen molar-refractivity contribution in [1.29, 1.82) is 0 Å². The van der Waals surface area contributed by atoms with Crippen LogP contribution >= 0.6 is 24.4 Å². The average molecular weight is 341 g/mol. The Hall–Kier alpha value is -1.34. The van der Waals surface area contributed by atoms with Gasteiger partial charge in [-0.25, -0.2) is 0 Å². The molecule has 0 bridgehead atoms. The summed E-state index contributed by atoms with van der Waals surface area (Å²) in [4.78, 5) is 24.9. The van der Waals surface area contributed by atoms with Gasteiger partial charge in [0.25, 0.3) is 0 Å². The lowest BCUT2D eigenvalue weighted by Gasteiger charge is -2.35. The van der Waals surface area contributed by atoms with Crippen molar-refractivity contribution in [3.05, 3.63) is 24.3 Å². The Morgan fingerprint density at radius 1 is 1.36 bits per heavy atom. The molecule has 1 aromatic rings. The van der Waals surface area contributed by atoms with Crippen LogP contribution in [0, 0.1) is 0 Å². The zero-order valence-corrected chi connectivity index (χ0v) is 14.3. The van der Waals surface area contributed by atoms with Gasteiger partial charge in [-0.2, -0.15) is 12.6 Å². The number of thiol groups is 1. The number of thioether (sulfide) groups is 1. The molecular formula is C15H19NO4S2. The van der Waals surface area contributed by atoms with Crippen LogP contribution in [0.25, 0.3) is 0 Å². The van der Waals surface area contributed by atoms with Crippen LogP contribution in [0.3, 0.4) is 0 Å². The van der Waals surface area contributed by atoms with Crippen LogP contribution in [0.15, 0.2) is 24.3 Å². The fourth-order valence-corrected chi connectivity index (χ4v) is 4.18. The van der Waals surface area contributed by atoms with Crippen LogP contribution in [0.2, 0.25) is 0 Å². The molecule has 0 aromatic heterocycles. The van der Waals surface area contributed by atoms with Crippen LogP contribution in [-0.4, -0.2) is 53.2 Å². The lowest BCUT2D eigenvalue weighted by Crippen LogP contribution is -2.55. The molecule has 1 heterocycles. The predicted octanol–water partition coefficient (Wildman–Crippen LogP) is 1.86. The number of carbonyl (C=O) groups is 2. The normalized spacial score (nSPS) is 20.8. The van der Waals surface area contributed by atoms with Crippen LogP contribution in [0.1, 0.15) is 6.92 Å². The van der Waals surface area contributed by atoms with Crippen molar-refractivity contribution in [3.8, 4) is 11.5 Å². The van der Waals surface area contributed by atoms with E-state index in [0.29, 0.717) is 23.8 Å². The second-order valence-electron chi connectivity index (χ2n) is 4.82. The monoisotopic (exact) mass is 341 g/mol. The highest BCUT2D eigenvalue weighted by molar-refractivity contribution is 8.01. The quantitative estimate of drug-likeness (QED) is 0.801. The minimum Gasteiger partial charge on any atom is -0.493 e. The Kier molecular flexibility index (Phi) is 5.63. The number of rotatable bonds is 6. The summed E-state index contributed by atoms with van der Waals surface area (Å²) in [7, 11) is 1.56. The van der Waals surface area contributed by atoms with Crippen LogP contribution in [-0.2, 0) is 9.59 Å². The van der Waals surface area contributed by atoms with Gasteiger partial charge >= 0.3 is 0 Å². The molecule has 1 saturated heterocycles. The number of amides is 1. The minimum atomic E-state index is -1.01. The molecule has 0 saturated carbocycles. The Morgan fingerprint density at radius 3 is 2.64 bits per heavy atom. The van der Waals surface area contributed by atoms with E-state index in [2.05, 4.69) is 12.6 Å². The third-order valence-electron chi connectivity index (χ3n) is 3.54. The van der Waals surface area contributed by atoms with Gasteiger partial charge in [-0.15, -0.1) is 11.8 Å². The van der Waals surface area contributed by atoms with E-state index in [4.69, 9.17) is 9.47 Å². The fourth-order valence-electron chi connectivity index (χ4n) is 2.44. The second kappa shape index (κ2) is 7.28. The fraction of sp³-hybridized carbons (Fsp3) is 0.467. The number of carbonyl (C=O) groups excluding carboxylic acids is 2. The number of ketones is 1. The highest BCUT2D eigenvalue weighted by Crippen LogP contribution is 2.38. The topological polar surface area (TPSA) is 55.8 Å². The van der Waals surface area contributed by atoms with Gasteiger partial charge < -0.3 is 14.4 Å². The van der Waals surface area contributed by atoms with Crippen molar-refractivity contribution in [3.63, 3.8) is 0 Å². The van der Waals surface area contributed by atoms with Gasteiger partial charge in [-0.05, 0) is 12.1 Å². The SMILES string of the molecule is COc1ccccc1OCC1(C(=O)CS)SCCN1C(C)=O. The van der Waals surface area contributed by atoms with Crippen molar-refractivity contribution >= 4 is 36.1 Å². The molecule has 1 aliphatic rings. The molecule has 1 aliphatic heterocycles. The van der Waals surface area contributed by atoms with E-state index < -0.39 is 4.87 Å². The van der Waals surface area contributed by atoms with Gasteiger partial charge in [0, 0.05) is 19.2 Å². The summed E-state index contributed by atoms with van der Waals surface area (Å²) in [6.07, 6.45) is 0. The Labute approximate surface area is 139 Å². The maximum absolute atomic E-state index is 12.4. The predicted molar refractivity (Wildman–Crippen MR) is 89.9 cm³/mol. The lowest BCUT2D eigenvalue weighted by atomic mass is 10.1. The Morgan fingerprint density at radius 2 is 2.05 bits per heavy atom. The van der Waals surface area contributed by atoms with Gasteiger partial charge in [0.15, 0.2) is 22.2 Å². The lowest BCUT2D eigenvalue weighted by molar-refractivity contribution is -0.139. The first kappa shape index (κ1) is 17.0. The van der Waals surface area contributed by atoms with Crippen LogP contribution in [0.4, 0.5) is 0 Å². The summed E-state index contributed by atoms with van der Waals surface area (Å²) in [5.74, 6) is 1.65. The average Bonchev–Trinajstić information content (AvgIpc) is 2.97. The molecule has 1 atom stereocenters. The third kappa shape index (κ3) is 3.20. The number of ether oxygens (including phenoxy) is 2. The van der Waals surface area contributed by atoms with Crippen molar-refractivity contribution in [1.82, 2.24) is 4.90 Å². The zero-order valence-electron chi connectivity index (χ0n) is 12.6. The van der Waals surface area contributed by atoms with Crippen molar-refractivity contribution in [2.24, 2.45) is 0 Å². The smallest absolute Gasteiger partial charge is 0.221 e. The standard InChI is InChI=1S/C15H19NO4S2/c1-11(17)16-7-8-22-15(16,14(18)9-21)10-20-13-6-4-3-5-12(13)19-2/h3-6,21H,7-10H2,1-2H3. The molecule has 0 aliphatic carbocycles. The van der Waals surface area contributed by atoms with Crippen molar-refractivity contribution < 1.29 is 19.1 Å². The summed E-state index contributed by atoms with van der Waals surface area (Å²) in [6, 6.07) is 7.23. The summed E-state index contributed by atoms with van der Waals surface area (Å²) in [6.45, 7) is 2.08. The zero-order chi connectivity index (χ0) is 16.2. The molecule has 5 nitrogen and oxygen atoms in total. The number of methoxy groups -OCH3 is 1. The first-order chi connectivity index (χ1) is 10.5. The van der Waals surface area contributed by atoms with E-state index in [1.54, 1.807) is 24.1 Å². The molecule has 120 valence electrons. The molecule has 2 rings (SSSR count). The molecule has 1 amide bonds. The first-order valence-electron chi connectivity index (χ1n) is 6.87. The molecule has 0 N–H and O–H groups in total. The van der Waals surface area contributed by atoms with Crippen molar-refractivity contribution in [2.75, 3.05) is 31.8 Å². The molecule has 0 radical (unpaired) electrons. The van der Waals surface area contributed by atoms with Crippen LogP contribution < -0.4 is 9.47 Å².